The molecule has 1 aromatic rings. The van der Waals surface area contributed by atoms with Crippen LogP contribution in [0.3, 0.4) is 0 Å². The largest absolute Gasteiger partial charge is 0.296 e. The number of carbonyl (C=O) groups is 4. The summed E-state index contributed by atoms with van der Waals surface area (Å²) in [6, 6.07) is 3.19. The van der Waals surface area contributed by atoms with Crippen molar-refractivity contribution in [1.29, 1.82) is 0 Å². The Morgan fingerprint density at radius 3 is 2.19 bits per heavy atom. The molecule has 3 rings (SSSR count). The molecule has 2 atom stereocenters. The molecular formula is C18H22N4O4. The minimum absolute atomic E-state index is 0.295. The minimum Gasteiger partial charge on any atom is -0.296 e. The summed E-state index contributed by atoms with van der Waals surface area (Å²) in [5, 5.41) is 2.42. The molecule has 2 fully saturated rings. The molecule has 2 aliphatic rings. The summed E-state index contributed by atoms with van der Waals surface area (Å²) in [5.74, 6) is -1.61. The maximum Gasteiger partial charge on any atom is 0.271 e. The maximum absolute atomic E-state index is 12.8. The lowest BCUT2D eigenvalue weighted by atomic mass is 9.52. The third-order valence-electron chi connectivity index (χ3n) is 5.43. The summed E-state index contributed by atoms with van der Waals surface area (Å²) in [5.41, 5.74) is 2.55. The number of nitrogens with one attached hydrogen (secondary N) is 3. The van der Waals surface area contributed by atoms with Crippen molar-refractivity contribution in [2.45, 2.75) is 40.0 Å². The number of fused-ring (bicyclic) bond motifs is 2. The predicted molar refractivity (Wildman–Crippen MR) is 91.2 cm³/mol. The molecule has 0 spiro atoms. The highest BCUT2D eigenvalue weighted by Gasteiger charge is 2.60. The van der Waals surface area contributed by atoms with Gasteiger partial charge < -0.3 is 0 Å². The van der Waals surface area contributed by atoms with Crippen LogP contribution in [0.4, 0.5) is 0 Å². The Kier molecular flexibility index (Phi) is 4.09. The van der Waals surface area contributed by atoms with Gasteiger partial charge in [-0.25, -0.2) is 0 Å². The molecule has 1 aliphatic heterocycles. The van der Waals surface area contributed by atoms with Gasteiger partial charge in [0.1, 0.15) is 0 Å². The number of rotatable bonds is 2. The molecule has 1 saturated carbocycles. The second kappa shape index (κ2) is 5.89. The van der Waals surface area contributed by atoms with Gasteiger partial charge in [0.05, 0.1) is 11.0 Å². The van der Waals surface area contributed by atoms with Crippen molar-refractivity contribution in [3.05, 3.63) is 30.1 Å². The number of imide groups is 1. The zero-order valence-electron chi connectivity index (χ0n) is 15.0. The molecule has 0 aromatic carbocycles. The molecule has 8 nitrogen and oxygen atoms in total. The van der Waals surface area contributed by atoms with E-state index in [1.165, 1.54) is 6.20 Å². The molecule has 1 aliphatic carbocycles. The van der Waals surface area contributed by atoms with E-state index in [-0.39, 0.29) is 11.8 Å². The van der Waals surface area contributed by atoms with Gasteiger partial charge in [-0.15, -0.1) is 0 Å². The molecule has 3 N–H and O–H groups in total. The summed E-state index contributed by atoms with van der Waals surface area (Å²) >= 11 is 0. The van der Waals surface area contributed by atoms with Gasteiger partial charge in [0, 0.05) is 23.2 Å². The first-order valence-electron chi connectivity index (χ1n) is 8.45. The fourth-order valence-corrected chi connectivity index (χ4v) is 4.49. The zero-order valence-corrected chi connectivity index (χ0v) is 15.0. The molecule has 1 saturated heterocycles. The molecule has 2 bridgehead atoms. The molecule has 2 unspecified atom stereocenters. The van der Waals surface area contributed by atoms with Crippen molar-refractivity contribution in [3.63, 3.8) is 0 Å². The fourth-order valence-electron chi connectivity index (χ4n) is 4.49. The molecule has 8 heteroatoms. The lowest BCUT2D eigenvalue weighted by Gasteiger charge is -2.53. The van der Waals surface area contributed by atoms with Gasteiger partial charge >= 0.3 is 0 Å². The number of piperidine rings is 1. The van der Waals surface area contributed by atoms with Gasteiger partial charge in [0.2, 0.25) is 17.7 Å². The number of pyridine rings is 1. The van der Waals surface area contributed by atoms with E-state index in [0.29, 0.717) is 24.8 Å². The molecule has 0 radical (unpaired) electrons. The number of hydrazine groups is 1. The Labute approximate surface area is 151 Å². The molecule has 4 amide bonds. The van der Waals surface area contributed by atoms with E-state index in [1.54, 1.807) is 39.1 Å². The summed E-state index contributed by atoms with van der Waals surface area (Å²) in [7, 11) is 0. The smallest absolute Gasteiger partial charge is 0.271 e. The van der Waals surface area contributed by atoms with Crippen LogP contribution in [0.15, 0.2) is 24.5 Å². The number of carbonyl (C=O) groups excluding carboxylic acids is 4. The first kappa shape index (κ1) is 18.0. The monoisotopic (exact) mass is 358 g/mol. The van der Waals surface area contributed by atoms with Crippen LogP contribution < -0.4 is 16.2 Å². The standard InChI is InChI=1S/C18H22N4O4/c1-16-8-17(2,14(25)20-13(16)24)10-18(3,9-16)15(26)22-21-12(23)11-5-4-6-19-7-11/h4-7H,8-10H2,1-3H3,(H,21,23)(H,22,26)(H,20,24,25). The van der Waals surface area contributed by atoms with E-state index < -0.39 is 28.1 Å². The van der Waals surface area contributed by atoms with Crippen LogP contribution in [0.1, 0.15) is 50.4 Å². The van der Waals surface area contributed by atoms with Crippen molar-refractivity contribution >= 4 is 23.6 Å². The minimum atomic E-state index is -0.961. The Morgan fingerprint density at radius 1 is 1.04 bits per heavy atom. The highest BCUT2D eigenvalue weighted by Crippen LogP contribution is 2.56. The first-order valence-corrected chi connectivity index (χ1v) is 8.45. The van der Waals surface area contributed by atoms with Crippen LogP contribution in [0.25, 0.3) is 0 Å². The van der Waals surface area contributed by atoms with E-state index in [0.717, 1.165) is 0 Å². The molecular weight excluding hydrogens is 336 g/mol. The highest BCUT2D eigenvalue weighted by molar-refractivity contribution is 6.04. The highest BCUT2D eigenvalue weighted by atomic mass is 16.2. The van der Waals surface area contributed by atoms with Crippen LogP contribution in [0, 0.1) is 16.2 Å². The molecule has 2 heterocycles. The van der Waals surface area contributed by atoms with E-state index in [4.69, 9.17) is 0 Å². The van der Waals surface area contributed by atoms with E-state index in [2.05, 4.69) is 21.2 Å². The average Bonchev–Trinajstić information content (AvgIpc) is 2.58. The lowest BCUT2D eigenvalue weighted by Crippen LogP contribution is -2.64. The first-order chi connectivity index (χ1) is 12.1. The van der Waals surface area contributed by atoms with E-state index >= 15 is 0 Å². The number of hydrogen-bond acceptors (Lipinski definition) is 5. The quantitative estimate of drug-likeness (QED) is 0.531. The predicted octanol–water partition coefficient (Wildman–Crippen LogP) is 0.702. The fraction of sp³-hybridized carbons (Fsp3) is 0.500. The normalized spacial score (nSPS) is 33.2. The second-order valence-electron chi connectivity index (χ2n) is 8.15. The summed E-state index contributed by atoms with van der Waals surface area (Å²) in [6.07, 6.45) is 3.93. The average molecular weight is 358 g/mol. The van der Waals surface area contributed by atoms with Crippen molar-refractivity contribution in [3.8, 4) is 0 Å². The Balaban J connectivity index is 1.75. The van der Waals surface area contributed by atoms with Crippen LogP contribution in [0.5, 0.6) is 0 Å². The summed E-state index contributed by atoms with van der Waals surface area (Å²) < 4.78 is 0. The van der Waals surface area contributed by atoms with Gasteiger partial charge in [0.25, 0.3) is 5.91 Å². The SMILES string of the molecule is CC1(C(=O)NNC(=O)c2cccnc2)CC2(C)CC(C)(C1)C(=O)NC2=O. The van der Waals surface area contributed by atoms with E-state index in [1.807, 2.05) is 0 Å². The molecule has 1 aromatic heterocycles. The van der Waals surface area contributed by atoms with Gasteiger partial charge in [-0.3, -0.25) is 40.3 Å². The third-order valence-corrected chi connectivity index (χ3v) is 5.43. The Morgan fingerprint density at radius 2 is 1.65 bits per heavy atom. The number of amides is 4. The Bertz CT molecular complexity index is 766. The van der Waals surface area contributed by atoms with Crippen molar-refractivity contribution < 1.29 is 19.2 Å². The molecule has 138 valence electrons. The maximum atomic E-state index is 12.8. The van der Waals surface area contributed by atoms with Crippen LogP contribution in [-0.4, -0.2) is 28.6 Å². The van der Waals surface area contributed by atoms with Crippen molar-refractivity contribution in [2.24, 2.45) is 16.2 Å². The van der Waals surface area contributed by atoms with Crippen LogP contribution in [-0.2, 0) is 14.4 Å². The third kappa shape index (κ3) is 2.95. The van der Waals surface area contributed by atoms with Crippen LogP contribution in [0.2, 0.25) is 0 Å². The van der Waals surface area contributed by atoms with Crippen molar-refractivity contribution in [1.82, 2.24) is 21.2 Å². The number of nitrogens with zero attached hydrogens (tertiary/aromatic N) is 1. The van der Waals surface area contributed by atoms with Gasteiger partial charge in [0.15, 0.2) is 0 Å². The van der Waals surface area contributed by atoms with E-state index in [9.17, 15) is 19.2 Å². The number of aromatic nitrogens is 1. The Hall–Kier alpha value is -2.77. The molecule has 26 heavy (non-hydrogen) atoms. The van der Waals surface area contributed by atoms with Crippen molar-refractivity contribution in [2.75, 3.05) is 0 Å². The van der Waals surface area contributed by atoms with Gasteiger partial charge in [-0.2, -0.15) is 0 Å². The van der Waals surface area contributed by atoms with Crippen LogP contribution >= 0.6 is 0 Å². The topological polar surface area (TPSA) is 117 Å². The summed E-state index contributed by atoms with van der Waals surface area (Å²) in [6.45, 7) is 5.26. The summed E-state index contributed by atoms with van der Waals surface area (Å²) in [4.78, 5) is 53.3. The van der Waals surface area contributed by atoms with Gasteiger partial charge in [-0.05, 0) is 31.4 Å². The van der Waals surface area contributed by atoms with Gasteiger partial charge in [-0.1, -0.05) is 20.8 Å². The number of hydrogen-bond donors (Lipinski definition) is 3. The zero-order chi connectivity index (χ0) is 19.2. The lowest BCUT2D eigenvalue weighted by molar-refractivity contribution is -0.164. The second-order valence-corrected chi connectivity index (χ2v) is 8.15.